The van der Waals surface area contributed by atoms with Gasteiger partial charge >= 0.3 is 0 Å². The number of carbonyl (C=O) groups is 1. The molecular weight excluding hydrogens is 488 g/mol. The van der Waals surface area contributed by atoms with Crippen LogP contribution in [0.15, 0.2) is 60.8 Å². The van der Waals surface area contributed by atoms with Crippen molar-refractivity contribution in [2.24, 2.45) is 0 Å². The molecule has 0 radical (unpaired) electrons. The first kappa shape index (κ1) is 24.8. The second kappa shape index (κ2) is 9.19. The van der Waals surface area contributed by atoms with Gasteiger partial charge in [-0.25, -0.2) is 17.9 Å². The summed E-state index contributed by atoms with van der Waals surface area (Å²) in [5, 5.41) is 7.99. The Morgan fingerprint density at radius 3 is 2.62 bits per heavy atom. The summed E-state index contributed by atoms with van der Waals surface area (Å²) in [6.07, 6.45) is 4.80. The number of amides is 1. The molecule has 0 bridgehead atoms. The fourth-order valence-corrected chi connectivity index (χ4v) is 5.48. The van der Waals surface area contributed by atoms with Gasteiger partial charge in [0.15, 0.2) is 0 Å². The van der Waals surface area contributed by atoms with E-state index in [4.69, 9.17) is 5.10 Å². The molecule has 0 fully saturated rings. The highest BCUT2D eigenvalue weighted by atomic mass is 32.2. The molecule has 5 rings (SSSR count). The van der Waals surface area contributed by atoms with Crippen LogP contribution in [0.4, 0.5) is 23.0 Å². The van der Waals surface area contributed by atoms with E-state index < -0.39 is 10.0 Å². The van der Waals surface area contributed by atoms with Crippen molar-refractivity contribution in [2.75, 3.05) is 27.7 Å². The number of rotatable bonds is 5. The largest absolute Gasteiger partial charge is 0.323 e. The number of hydrogen-bond acceptors (Lipinski definition) is 6. The molecule has 2 N–H and O–H groups in total. The van der Waals surface area contributed by atoms with Crippen LogP contribution < -0.4 is 14.9 Å². The van der Waals surface area contributed by atoms with Crippen molar-refractivity contribution in [3.8, 4) is 11.3 Å². The van der Waals surface area contributed by atoms with Gasteiger partial charge in [-0.2, -0.15) is 0 Å². The average molecular weight is 519 g/mol. The molecular formula is C27H30N6O3S. The van der Waals surface area contributed by atoms with Crippen LogP contribution in [0.2, 0.25) is 0 Å². The average Bonchev–Trinajstić information content (AvgIpc) is 3.18. The fourth-order valence-electron chi connectivity index (χ4n) is 4.93. The Kier molecular flexibility index (Phi) is 6.15. The standard InChI is InChI=1S/C27H30N6O3S/c1-18(34)32-14-6-13-27(2,3)23-11-9-20(16-25(23)32)29-26-28-17-22-10-12-24(33(22)30-26)19-7-5-8-21(15-19)31-37(4,35)36/h5,7-12,15-17,31H,6,13-14H2,1-4H3,(H,29,30). The number of hydrogen-bond donors (Lipinski definition) is 2. The second-order valence-corrected chi connectivity index (χ2v) is 11.9. The predicted molar refractivity (Wildman–Crippen MR) is 147 cm³/mol. The van der Waals surface area contributed by atoms with Crippen molar-refractivity contribution in [2.45, 2.75) is 39.0 Å². The van der Waals surface area contributed by atoms with E-state index >= 15 is 0 Å². The lowest BCUT2D eigenvalue weighted by molar-refractivity contribution is -0.116. The molecule has 0 saturated heterocycles. The molecule has 2 aromatic heterocycles. The van der Waals surface area contributed by atoms with E-state index in [0.717, 1.165) is 52.8 Å². The quantitative estimate of drug-likeness (QED) is 0.388. The van der Waals surface area contributed by atoms with E-state index in [0.29, 0.717) is 18.2 Å². The highest BCUT2D eigenvalue weighted by molar-refractivity contribution is 7.92. The molecule has 0 unspecified atom stereocenters. The highest BCUT2D eigenvalue weighted by Crippen LogP contribution is 2.40. The third kappa shape index (κ3) is 5.15. The summed E-state index contributed by atoms with van der Waals surface area (Å²) in [5.41, 5.74) is 5.70. The molecule has 4 aromatic rings. The summed E-state index contributed by atoms with van der Waals surface area (Å²) >= 11 is 0. The Bertz CT molecular complexity index is 1610. The van der Waals surface area contributed by atoms with Gasteiger partial charge in [-0.1, -0.05) is 32.0 Å². The van der Waals surface area contributed by atoms with Crippen molar-refractivity contribution in [1.82, 2.24) is 14.6 Å². The van der Waals surface area contributed by atoms with E-state index in [2.05, 4.69) is 34.9 Å². The third-order valence-corrected chi connectivity index (χ3v) is 7.30. The van der Waals surface area contributed by atoms with Crippen LogP contribution in [0.5, 0.6) is 0 Å². The monoisotopic (exact) mass is 518 g/mol. The van der Waals surface area contributed by atoms with Gasteiger partial charge in [0.1, 0.15) is 0 Å². The van der Waals surface area contributed by atoms with Gasteiger partial charge in [0, 0.05) is 36.1 Å². The SMILES string of the molecule is CC(=O)N1CCCC(C)(C)c2ccc(Nc3ncc4ccc(-c5cccc(NS(C)(=O)=O)c5)n4n3)cc21. The number of carbonyl (C=O) groups excluding carboxylic acids is 1. The molecule has 1 aliphatic rings. The minimum Gasteiger partial charge on any atom is -0.323 e. The van der Waals surface area contributed by atoms with E-state index in [9.17, 15) is 13.2 Å². The van der Waals surface area contributed by atoms with Crippen LogP contribution >= 0.6 is 0 Å². The van der Waals surface area contributed by atoms with Crippen molar-refractivity contribution >= 4 is 44.5 Å². The van der Waals surface area contributed by atoms with Crippen molar-refractivity contribution < 1.29 is 13.2 Å². The van der Waals surface area contributed by atoms with Gasteiger partial charge in [-0.05, 0) is 60.2 Å². The number of benzene rings is 2. The van der Waals surface area contributed by atoms with Crippen LogP contribution in [0, 0.1) is 0 Å². The number of fused-ring (bicyclic) bond motifs is 2. The van der Waals surface area contributed by atoms with Crippen molar-refractivity contribution in [3.63, 3.8) is 0 Å². The Hall–Kier alpha value is -3.92. The minimum absolute atomic E-state index is 0.0262. The minimum atomic E-state index is -3.39. The molecule has 1 amide bonds. The van der Waals surface area contributed by atoms with Gasteiger partial charge in [-0.3, -0.25) is 9.52 Å². The Morgan fingerprint density at radius 1 is 1.05 bits per heavy atom. The Balaban J connectivity index is 1.50. The first-order valence-corrected chi connectivity index (χ1v) is 14.0. The number of nitrogens with one attached hydrogen (secondary N) is 2. The molecule has 10 heteroatoms. The highest BCUT2D eigenvalue weighted by Gasteiger charge is 2.30. The lowest BCUT2D eigenvalue weighted by Crippen LogP contribution is -2.29. The first-order valence-electron chi connectivity index (χ1n) is 12.1. The van der Waals surface area contributed by atoms with Gasteiger partial charge in [-0.15, -0.1) is 5.10 Å². The van der Waals surface area contributed by atoms with Crippen LogP contribution in [0.3, 0.4) is 0 Å². The van der Waals surface area contributed by atoms with E-state index in [1.807, 2.05) is 35.2 Å². The second-order valence-electron chi connectivity index (χ2n) is 10.1. The molecule has 0 atom stereocenters. The zero-order chi connectivity index (χ0) is 26.4. The molecule has 3 heterocycles. The van der Waals surface area contributed by atoms with Crippen LogP contribution in [-0.4, -0.2) is 41.7 Å². The zero-order valence-electron chi connectivity index (χ0n) is 21.3. The lowest BCUT2D eigenvalue weighted by Gasteiger charge is -2.27. The first-order chi connectivity index (χ1) is 17.5. The number of nitrogens with zero attached hydrogens (tertiary/aromatic N) is 4. The Labute approximate surface area is 216 Å². The van der Waals surface area contributed by atoms with E-state index in [1.54, 1.807) is 35.8 Å². The summed E-state index contributed by atoms with van der Waals surface area (Å²) in [4.78, 5) is 18.7. The maximum absolute atomic E-state index is 12.4. The van der Waals surface area contributed by atoms with Gasteiger partial charge in [0.2, 0.25) is 21.9 Å². The molecule has 9 nitrogen and oxygen atoms in total. The number of aromatic nitrogens is 3. The number of sulfonamides is 1. The zero-order valence-corrected chi connectivity index (χ0v) is 22.1. The molecule has 37 heavy (non-hydrogen) atoms. The summed E-state index contributed by atoms with van der Waals surface area (Å²) < 4.78 is 27.6. The summed E-state index contributed by atoms with van der Waals surface area (Å²) in [5.74, 6) is 0.427. The van der Waals surface area contributed by atoms with Crippen LogP contribution in [0.1, 0.15) is 39.2 Å². The molecule has 0 spiro atoms. The normalized spacial score (nSPS) is 15.2. The molecule has 192 valence electrons. The topological polar surface area (TPSA) is 109 Å². The van der Waals surface area contributed by atoms with Crippen molar-refractivity contribution in [3.05, 3.63) is 66.4 Å². The summed E-state index contributed by atoms with van der Waals surface area (Å²) in [7, 11) is -3.39. The van der Waals surface area contributed by atoms with Crippen LogP contribution in [-0.2, 0) is 20.2 Å². The van der Waals surface area contributed by atoms with Gasteiger partial charge in [0.25, 0.3) is 0 Å². The smallest absolute Gasteiger partial charge is 0.245 e. The lowest BCUT2D eigenvalue weighted by atomic mass is 9.80. The third-order valence-electron chi connectivity index (χ3n) is 6.70. The van der Waals surface area contributed by atoms with Gasteiger partial charge in [0.05, 0.1) is 23.7 Å². The van der Waals surface area contributed by atoms with Crippen LogP contribution in [0.25, 0.3) is 16.8 Å². The predicted octanol–water partition coefficient (Wildman–Crippen LogP) is 4.94. The molecule has 2 aromatic carbocycles. The molecule has 1 aliphatic heterocycles. The number of anilines is 4. The Morgan fingerprint density at radius 2 is 1.86 bits per heavy atom. The van der Waals surface area contributed by atoms with E-state index in [1.165, 1.54) is 0 Å². The summed E-state index contributed by atoms with van der Waals surface area (Å²) in [6, 6.07) is 17.1. The fraction of sp³-hybridized carbons (Fsp3) is 0.296. The van der Waals surface area contributed by atoms with Crippen molar-refractivity contribution in [1.29, 1.82) is 0 Å². The molecule has 0 saturated carbocycles. The van der Waals surface area contributed by atoms with E-state index in [-0.39, 0.29) is 11.3 Å². The molecule has 0 aliphatic carbocycles. The summed E-state index contributed by atoms with van der Waals surface area (Å²) in [6.45, 7) is 6.73. The van der Waals surface area contributed by atoms with Gasteiger partial charge < -0.3 is 10.2 Å². The maximum Gasteiger partial charge on any atom is 0.245 e. The maximum atomic E-state index is 12.4.